The lowest BCUT2D eigenvalue weighted by molar-refractivity contribution is -0.138. The van der Waals surface area contributed by atoms with Crippen molar-refractivity contribution in [3.63, 3.8) is 0 Å². The number of hydrogen-bond acceptors (Lipinski definition) is 3. The number of hydrogen-bond donors (Lipinski definition) is 3. The molecule has 2 atom stereocenters. The van der Waals surface area contributed by atoms with Crippen LogP contribution in [0.1, 0.15) is 12.8 Å². The van der Waals surface area contributed by atoms with Gasteiger partial charge in [-0.25, -0.2) is 0 Å². The zero-order chi connectivity index (χ0) is 8.85. The quantitative estimate of drug-likeness (QED) is 0.462. The van der Waals surface area contributed by atoms with E-state index in [0.717, 1.165) is 0 Å². The van der Waals surface area contributed by atoms with Gasteiger partial charge in [-0.05, 0) is 12.8 Å². The van der Waals surface area contributed by atoms with E-state index in [-0.39, 0.29) is 6.04 Å². The number of carbonyl (C=O) groups is 1. The average molecular weight is 156 g/mol. The van der Waals surface area contributed by atoms with Gasteiger partial charge in [0.25, 0.3) is 0 Å². The highest BCUT2D eigenvalue weighted by molar-refractivity contribution is 5.72. The van der Waals surface area contributed by atoms with Crippen molar-refractivity contribution in [3.8, 4) is 12.3 Å². The van der Waals surface area contributed by atoms with Crippen LogP contribution in [0.15, 0.2) is 0 Å². The Morgan fingerprint density at radius 2 is 2.09 bits per heavy atom. The molecule has 62 valence electrons. The van der Waals surface area contributed by atoms with Crippen molar-refractivity contribution in [2.24, 2.45) is 11.5 Å². The molecule has 0 rings (SSSR count). The van der Waals surface area contributed by atoms with Gasteiger partial charge in [0.05, 0.1) is 6.04 Å². The molecule has 0 aliphatic heterocycles. The molecular formula is C7H12N2O2. The van der Waals surface area contributed by atoms with Gasteiger partial charge in [0.15, 0.2) is 0 Å². The molecule has 4 heteroatoms. The normalized spacial score (nSPS) is 15.0. The monoisotopic (exact) mass is 156 g/mol. The summed E-state index contributed by atoms with van der Waals surface area (Å²) < 4.78 is 0. The summed E-state index contributed by atoms with van der Waals surface area (Å²) in [6.45, 7) is 0. The zero-order valence-electron chi connectivity index (χ0n) is 6.16. The first-order chi connectivity index (χ1) is 5.07. The Balaban J connectivity index is 3.55. The zero-order valence-corrected chi connectivity index (χ0v) is 6.16. The SMILES string of the molecule is C#CC(N)CC[C@H](N)C(=O)O. The molecule has 0 aromatic carbocycles. The van der Waals surface area contributed by atoms with E-state index >= 15 is 0 Å². The van der Waals surface area contributed by atoms with Gasteiger partial charge in [0, 0.05) is 0 Å². The fourth-order valence-electron chi connectivity index (χ4n) is 0.566. The molecule has 0 saturated heterocycles. The number of terminal acetylenes is 1. The number of carboxylic acids is 1. The summed E-state index contributed by atoms with van der Waals surface area (Å²) in [7, 11) is 0. The van der Waals surface area contributed by atoms with Gasteiger partial charge < -0.3 is 16.6 Å². The Kier molecular flexibility index (Phi) is 4.27. The number of carboxylic acid groups (broad SMARTS) is 1. The van der Waals surface area contributed by atoms with E-state index in [0.29, 0.717) is 12.8 Å². The Labute approximate surface area is 65.6 Å². The maximum Gasteiger partial charge on any atom is 0.320 e. The standard InChI is InChI=1S/C7H12N2O2/c1-2-5(8)3-4-6(9)7(10)11/h1,5-6H,3-4,8-9H2,(H,10,11)/t5?,6-/m0/s1. The van der Waals surface area contributed by atoms with Crippen LogP contribution in [0.4, 0.5) is 0 Å². The van der Waals surface area contributed by atoms with Crippen molar-refractivity contribution in [2.45, 2.75) is 24.9 Å². The van der Waals surface area contributed by atoms with Gasteiger partial charge in [-0.1, -0.05) is 5.92 Å². The van der Waals surface area contributed by atoms with Crippen LogP contribution in [0.25, 0.3) is 0 Å². The molecule has 0 fully saturated rings. The first kappa shape index (κ1) is 9.95. The third kappa shape index (κ3) is 4.37. The smallest absolute Gasteiger partial charge is 0.320 e. The van der Waals surface area contributed by atoms with Crippen molar-refractivity contribution in [2.75, 3.05) is 0 Å². The van der Waals surface area contributed by atoms with Crippen LogP contribution in [0, 0.1) is 12.3 Å². The van der Waals surface area contributed by atoms with Gasteiger partial charge in [0.1, 0.15) is 6.04 Å². The lowest BCUT2D eigenvalue weighted by atomic mass is 10.1. The summed E-state index contributed by atoms with van der Waals surface area (Å²) in [6, 6.07) is -1.24. The van der Waals surface area contributed by atoms with Crippen LogP contribution >= 0.6 is 0 Å². The minimum Gasteiger partial charge on any atom is -0.480 e. The number of aliphatic carboxylic acids is 1. The molecule has 0 saturated carbocycles. The lowest BCUT2D eigenvalue weighted by Crippen LogP contribution is -2.32. The first-order valence-corrected chi connectivity index (χ1v) is 3.28. The third-order valence-electron chi connectivity index (χ3n) is 1.32. The van der Waals surface area contributed by atoms with E-state index in [1.807, 2.05) is 0 Å². The highest BCUT2D eigenvalue weighted by Crippen LogP contribution is 1.96. The molecule has 4 nitrogen and oxygen atoms in total. The lowest BCUT2D eigenvalue weighted by Gasteiger charge is -2.06. The molecule has 0 aromatic rings. The second kappa shape index (κ2) is 4.72. The van der Waals surface area contributed by atoms with Crippen LogP contribution in [0.3, 0.4) is 0 Å². The maximum atomic E-state index is 10.2. The maximum absolute atomic E-state index is 10.2. The molecule has 0 bridgehead atoms. The van der Waals surface area contributed by atoms with Gasteiger partial charge in [-0.3, -0.25) is 4.79 Å². The third-order valence-corrected chi connectivity index (χ3v) is 1.32. The summed E-state index contributed by atoms with van der Waals surface area (Å²) in [5, 5.41) is 8.35. The Morgan fingerprint density at radius 1 is 1.55 bits per heavy atom. The van der Waals surface area contributed by atoms with Crippen molar-refractivity contribution in [1.82, 2.24) is 0 Å². The molecule has 0 radical (unpaired) electrons. The van der Waals surface area contributed by atoms with E-state index in [1.165, 1.54) is 0 Å². The average Bonchev–Trinajstić information content (AvgIpc) is 1.99. The van der Waals surface area contributed by atoms with Crippen LogP contribution in [0.5, 0.6) is 0 Å². The largest absolute Gasteiger partial charge is 0.480 e. The predicted molar refractivity (Wildman–Crippen MR) is 41.7 cm³/mol. The summed E-state index contributed by atoms with van der Waals surface area (Å²) in [4.78, 5) is 10.2. The Hall–Kier alpha value is -1.05. The molecule has 5 N–H and O–H groups in total. The van der Waals surface area contributed by atoms with Gasteiger partial charge in [-0.15, -0.1) is 6.42 Å². The van der Waals surface area contributed by atoms with E-state index in [4.69, 9.17) is 23.0 Å². The second-order valence-corrected chi connectivity index (χ2v) is 2.30. The Bertz CT molecular complexity index is 174. The molecule has 0 spiro atoms. The highest BCUT2D eigenvalue weighted by atomic mass is 16.4. The predicted octanol–water partition coefficient (Wildman–Crippen LogP) is -0.861. The van der Waals surface area contributed by atoms with Crippen LogP contribution < -0.4 is 11.5 Å². The van der Waals surface area contributed by atoms with Crippen molar-refractivity contribution < 1.29 is 9.90 Å². The van der Waals surface area contributed by atoms with Crippen LogP contribution in [-0.2, 0) is 4.79 Å². The molecule has 0 aliphatic carbocycles. The molecule has 0 aliphatic rings. The summed E-state index contributed by atoms with van der Waals surface area (Å²) >= 11 is 0. The minimum atomic E-state index is -1.02. The summed E-state index contributed by atoms with van der Waals surface area (Å²) in [5.74, 6) is 1.27. The van der Waals surface area contributed by atoms with E-state index in [2.05, 4.69) is 5.92 Å². The summed E-state index contributed by atoms with van der Waals surface area (Å²) in [5.41, 5.74) is 10.5. The van der Waals surface area contributed by atoms with Crippen molar-refractivity contribution in [1.29, 1.82) is 0 Å². The summed E-state index contributed by atoms with van der Waals surface area (Å²) in [6.07, 6.45) is 5.74. The minimum absolute atomic E-state index is 0.320. The molecule has 0 amide bonds. The van der Waals surface area contributed by atoms with Gasteiger partial charge in [-0.2, -0.15) is 0 Å². The molecular weight excluding hydrogens is 144 g/mol. The topological polar surface area (TPSA) is 89.3 Å². The van der Waals surface area contributed by atoms with Crippen LogP contribution in [-0.4, -0.2) is 23.2 Å². The molecule has 11 heavy (non-hydrogen) atoms. The van der Waals surface area contributed by atoms with Gasteiger partial charge >= 0.3 is 5.97 Å². The second-order valence-electron chi connectivity index (χ2n) is 2.30. The first-order valence-electron chi connectivity index (χ1n) is 3.28. The van der Waals surface area contributed by atoms with Crippen molar-refractivity contribution in [3.05, 3.63) is 0 Å². The number of nitrogens with two attached hydrogens (primary N) is 2. The Morgan fingerprint density at radius 3 is 2.45 bits per heavy atom. The van der Waals surface area contributed by atoms with Crippen molar-refractivity contribution >= 4 is 5.97 Å². The number of rotatable bonds is 4. The van der Waals surface area contributed by atoms with Gasteiger partial charge in [0.2, 0.25) is 0 Å². The fourth-order valence-corrected chi connectivity index (χ4v) is 0.566. The van der Waals surface area contributed by atoms with Crippen LogP contribution in [0.2, 0.25) is 0 Å². The van der Waals surface area contributed by atoms with E-state index in [1.54, 1.807) is 0 Å². The molecule has 0 aromatic heterocycles. The highest BCUT2D eigenvalue weighted by Gasteiger charge is 2.11. The van der Waals surface area contributed by atoms with E-state index in [9.17, 15) is 4.79 Å². The fraction of sp³-hybridized carbons (Fsp3) is 0.571. The molecule has 1 unspecified atom stereocenters. The van der Waals surface area contributed by atoms with E-state index < -0.39 is 12.0 Å². The molecule has 0 heterocycles.